The second-order valence-electron chi connectivity index (χ2n) is 8.52. The van der Waals surface area contributed by atoms with Gasteiger partial charge in [-0.05, 0) is 18.4 Å². The van der Waals surface area contributed by atoms with E-state index in [4.69, 9.17) is 9.72 Å². The van der Waals surface area contributed by atoms with Crippen molar-refractivity contribution in [1.29, 1.82) is 0 Å². The van der Waals surface area contributed by atoms with E-state index in [2.05, 4.69) is 23.7 Å². The summed E-state index contributed by atoms with van der Waals surface area (Å²) in [5, 5.41) is 11.0. The van der Waals surface area contributed by atoms with Crippen LogP contribution in [-0.4, -0.2) is 59.0 Å². The Balaban J connectivity index is 1.85. The molecule has 0 spiro atoms. The summed E-state index contributed by atoms with van der Waals surface area (Å²) >= 11 is 0. The number of benzene rings is 1. The average Bonchev–Trinajstić information content (AvgIpc) is 2.75. The third kappa shape index (κ3) is 5.79. The van der Waals surface area contributed by atoms with Gasteiger partial charge in [0.2, 0.25) is 5.91 Å². The van der Waals surface area contributed by atoms with Crippen molar-refractivity contribution in [2.24, 2.45) is 5.92 Å². The lowest BCUT2D eigenvalue weighted by atomic mass is 10.0. The van der Waals surface area contributed by atoms with E-state index in [9.17, 15) is 14.9 Å². The Morgan fingerprint density at radius 3 is 2.38 bits per heavy atom. The molecule has 9 heteroatoms. The molecular formula is C23H31N5O4. The topological polar surface area (TPSA) is 102 Å². The van der Waals surface area contributed by atoms with Crippen LogP contribution in [0.1, 0.15) is 42.9 Å². The summed E-state index contributed by atoms with van der Waals surface area (Å²) in [6.45, 7) is 9.03. The number of non-ortho nitro benzene ring substituents is 1. The van der Waals surface area contributed by atoms with E-state index in [1.165, 1.54) is 12.1 Å². The predicted octanol–water partition coefficient (Wildman–Crippen LogP) is 3.13. The molecule has 1 aliphatic heterocycles. The highest BCUT2D eigenvalue weighted by molar-refractivity contribution is 5.76. The van der Waals surface area contributed by atoms with Crippen molar-refractivity contribution in [3.05, 3.63) is 57.0 Å². The maximum Gasteiger partial charge on any atom is 0.269 e. The van der Waals surface area contributed by atoms with Crippen LogP contribution in [0.5, 0.6) is 0 Å². The van der Waals surface area contributed by atoms with Crippen LogP contribution in [0.4, 0.5) is 11.5 Å². The van der Waals surface area contributed by atoms with Gasteiger partial charge in [-0.1, -0.05) is 26.0 Å². The summed E-state index contributed by atoms with van der Waals surface area (Å²) < 4.78 is 5.39. The first-order valence-electron chi connectivity index (χ1n) is 10.9. The van der Waals surface area contributed by atoms with Gasteiger partial charge in [0.15, 0.2) is 0 Å². The van der Waals surface area contributed by atoms with Gasteiger partial charge in [-0.15, -0.1) is 0 Å². The lowest BCUT2D eigenvalue weighted by Gasteiger charge is -2.37. The van der Waals surface area contributed by atoms with Crippen molar-refractivity contribution in [3.63, 3.8) is 0 Å². The molecular weight excluding hydrogens is 410 g/mol. The molecule has 2 aromatic rings. The number of carbonyl (C=O) groups is 1. The van der Waals surface area contributed by atoms with Crippen LogP contribution < -0.4 is 4.90 Å². The first kappa shape index (κ1) is 23.6. The third-order valence-corrected chi connectivity index (χ3v) is 5.51. The molecule has 0 aliphatic carbocycles. The Labute approximate surface area is 188 Å². The van der Waals surface area contributed by atoms with E-state index < -0.39 is 4.92 Å². The van der Waals surface area contributed by atoms with Gasteiger partial charge in [-0.25, -0.2) is 9.97 Å². The molecule has 0 bridgehead atoms. The van der Waals surface area contributed by atoms with Crippen LogP contribution in [0.15, 0.2) is 24.3 Å². The zero-order valence-corrected chi connectivity index (χ0v) is 19.2. The number of hydrogen-bond donors (Lipinski definition) is 0. The third-order valence-electron chi connectivity index (χ3n) is 5.51. The van der Waals surface area contributed by atoms with Crippen LogP contribution in [0.25, 0.3) is 0 Å². The molecule has 1 aromatic carbocycles. The molecule has 0 atom stereocenters. The van der Waals surface area contributed by atoms with Crippen LogP contribution in [-0.2, 0) is 22.6 Å². The quantitative estimate of drug-likeness (QED) is 0.458. The minimum atomic E-state index is -0.402. The Kier molecular flexibility index (Phi) is 7.74. The zero-order valence-electron chi connectivity index (χ0n) is 19.2. The van der Waals surface area contributed by atoms with Crippen molar-refractivity contribution in [1.82, 2.24) is 14.9 Å². The van der Waals surface area contributed by atoms with Gasteiger partial charge in [0.1, 0.15) is 11.6 Å². The maximum absolute atomic E-state index is 12.4. The summed E-state index contributed by atoms with van der Waals surface area (Å²) in [7, 11) is 1.63. The molecule has 0 saturated carbocycles. The average molecular weight is 442 g/mol. The van der Waals surface area contributed by atoms with E-state index in [1.54, 1.807) is 19.2 Å². The fourth-order valence-corrected chi connectivity index (χ4v) is 3.92. The van der Waals surface area contributed by atoms with E-state index in [0.717, 1.165) is 22.6 Å². The van der Waals surface area contributed by atoms with Crippen LogP contribution in [0.3, 0.4) is 0 Å². The first-order chi connectivity index (χ1) is 15.3. The molecule has 1 amide bonds. The van der Waals surface area contributed by atoms with E-state index >= 15 is 0 Å². The largest absolute Gasteiger partial charge is 0.378 e. The number of methoxy groups -OCH3 is 1. The summed E-state index contributed by atoms with van der Waals surface area (Å²) in [6, 6.07) is 6.56. The van der Waals surface area contributed by atoms with Crippen molar-refractivity contribution in [2.45, 2.75) is 40.2 Å². The molecule has 1 aliphatic rings. The second-order valence-corrected chi connectivity index (χ2v) is 8.52. The van der Waals surface area contributed by atoms with E-state index in [1.807, 2.05) is 11.8 Å². The van der Waals surface area contributed by atoms with Crippen molar-refractivity contribution < 1.29 is 14.5 Å². The number of anilines is 1. The van der Waals surface area contributed by atoms with Gasteiger partial charge in [0.25, 0.3) is 5.69 Å². The molecule has 172 valence electrons. The number of piperazine rings is 1. The number of aromatic nitrogens is 2. The van der Waals surface area contributed by atoms with Crippen LogP contribution >= 0.6 is 0 Å². The highest BCUT2D eigenvalue weighted by Crippen LogP contribution is 2.27. The Morgan fingerprint density at radius 1 is 1.16 bits per heavy atom. The fourth-order valence-electron chi connectivity index (χ4n) is 3.92. The summed E-state index contributed by atoms with van der Waals surface area (Å²) in [5.41, 5.74) is 2.76. The molecule has 9 nitrogen and oxygen atoms in total. The van der Waals surface area contributed by atoms with Crippen molar-refractivity contribution in [2.75, 3.05) is 38.2 Å². The molecule has 1 saturated heterocycles. The molecule has 2 heterocycles. The fraction of sp³-hybridized carbons (Fsp3) is 0.522. The number of nitrogens with zero attached hydrogens (tertiary/aromatic N) is 5. The van der Waals surface area contributed by atoms with Crippen molar-refractivity contribution >= 4 is 17.4 Å². The first-order valence-corrected chi connectivity index (χ1v) is 10.9. The molecule has 3 rings (SSSR count). The second kappa shape index (κ2) is 10.5. The Morgan fingerprint density at radius 2 is 1.81 bits per heavy atom. The number of nitro groups is 1. The van der Waals surface area contributed by atoms with Gasteiger partial charge >= 0.3 is 0 Å². The lowest BCUT2D eigenvalue weighted by molar-refractivity contribution is -0.384. The molecule has 0 N–H and O–H groups in total. The minimum Gasteiger partial charge on any atom is -0.378 e. The predicted molar refractivity (Wildman–Crippen MR) is 122 cm³/mol. The van der Waals surface area contributed by atoms with Gasteiger partial charge in [-0.3, -0.25) is 14.9 Å². The van der Waals surface area contributed by atoms with E-state index in [-0.39, 0.29) is 11.6 Å². The number of ether oxygens (including phenoxy) is 1. The number of amides is 1. The SMILES string of the molecule is COCc1nc(C)nc(N2CCN(C(=O)CC(C)C)CC2)c1Cc1ccc([N+](=O)[O-])cc1. The summed E-state index contributed by atoms with van der Waals surface area (Å²) in [6.07, 6.45) is 1.11. The zero-order chi connectivity index (χ0) is 23.3. The van der Waals surface area contributed by atoms with Gasteiger partial charge in [0.05, 0.1) is 17.2 Å². The van der Waals surface area contributed by atoms with Gasteiger partial charge in [-0.2, -0.15) is 0 Å². The van der Waals surface area contributed by atoms with Gasteiger partial charge < -0.3 is 14.5 Å². The Bertz CT molecular complexity index is 954. The number of carbonyl (C=O) groups excluding carboxylic acids is 1. The number of rotatable bonds is 8. The maximum atomic E-state index is 12.4. The van der Waals surface area contributed by atoms with Crippen LogP contribution in [0.2, 0.25) is 0 Å². The van der Waals surface area contributed by atoms with Crippen molar-refractivity contribution in [3.8, 4) is 0 Å². The van der Waals surface area contributed by atoms with Crippen LogP contribution in [0, 0.1) is 23.0 Å². The number of nitro benzene ring substituents is 1. The van der Waals surface area contributed by atoms with E-state index in [0.29, 0.717) is 57.4 Å². The summed E-state index contributed by atoms with van der Waals surface area (Å²) in [5.74, 6) is 2.05. The minimum absolute atomic E-state index is 0.0634. The molecule has 0 radical (unpaired) electrons. The summed E-state index contributed by atoms with van der Waals surface area (Å²) in [4.78, 5) is 36.5. The number of aryl methyl sites for hydroxylation is 1. The smallest absolute Gasteiger partial charge is 0.269 e. The number of hydrogen-bond acceptors (Lipinski definition) is 7. The lowest BCUT2D eigenvalue weighted by Crippen LogP contribution is -2.49. The molecule has 32 heavy (non-hydrogen) atoms. The highest BCUT2D eigenvalue weighted by atomic mass is 16.6. The highest BCUT2D eigenvalue weighted by Gasteiger charge is 2.25. The Hall–Kier alpha value is -3.07. The molecule has 1 aromatic heterocycles. The molecule has 1 fully saturated rings. The van der Waals surface area contributed by atoms with Gasteiger partial charge in [0, 0.05) is 63.8 Å². The molecule has 0 unspecified atom stereocenters. The monoisotopic (exact) mass is 441 g/mol. The normalized spacial score (nSPS) is 14.2. The standard InChI is InChI=1S/C23H31N5O4/c1-16(2)13-22(29)26-9-11-27(12-10-26)23-20(21(15-32-4)24-17(3)25-23)14-18-5-7-19(8-6-18)28(30)31/h5-8,16H,9-15H2,1-4H3.